The lowest BCUT2D eigenvalue weighted by atomic mass is 10.1. The summed E-state index contributed by atoms with van der Waals surface area (Å²) < 4.78 is 15.1. The number of amides is 3. The highest BCUT2D eigenvalue weighted by molar-refractivity contribution is 7.98. The molecule has 0 radical (unpaired) electrons. The number of hydrogen-bond donors (Lipinski definition) is 3. The van der Waals surface area contributed by atoms with E-state index in [9.17, 15) is 14.0 Å². The van der Waals surface area contributed by atoms with Gasteiger partial charge < -0.3 is 20.5 Å². The number of aromatic nitrogens is 3. The molecule has 0 aliphatic heterocycles. The fourth-order valence-electron chi connectivity index (χ4n) is 3.34. The smallest absolute Gasteiger partial charge is 0.315 e. The Kier molecular flexibility index (Phi) is 11.2. The monoisotopic (exact) mass is 478 g/mol. The first-order valence-electron chi connectivity index (χ1n) is 11.4. The average Bonchev–Trinajstić information content (AvgIpc) is 3.16. The van der Waals surface area contributed by atoms with E-state index in [1.54, 1.807) is 23.9 Å². The van der Waals surface area contributed by atoms with Crippen LogP contribution in [0.1, 0.15) is 51.4 Å². The summed E-state index contributed by atoms with van der Waals surface area (Å²) in [6.45, 7) is 7.88. The van der Waals surface area contributed by atoms with Crippen molar-refractivity contribution in [2.24, 2.45) is 5.92 Å². The van der Waals surface area contributed by atoms with E-state index in [2.05, 4.69) is 44.6 Å². The van der Waals surface area contributed by atoms with Crippen LogP contribution in [0.25, 0.3) is 0 Å². The van der Waals surface area contributed by atoms with Crippen molar-refractivity contribution in [2.75, 3.05) is 12.8 Å². The molecule has 0 bridgehead atoms. The Bertz CT molecular complexity index is 888. The standard InChI is InChI=1S/C23H35FN6O2S/c1-5-7-19(27-22(32)26-14-17-9-11-18(24)12-10-17)21(31)25-13-6-8-20-28-29-23(33-4)30(20)15-16(2)3/h9-12,16,19H,5-8,13-15H2,1-4H3,(H,25,31)(H2,26,27,32). The fraction of sp³-hybridized carbons (Fsp3) is 0.565. The summed E-state index contributed by atoms with van der Waals surface area (Å²) in [5.74, 6) is 0.876. The number of nitrogens with zero attached hydrogens (tertiary/aromatic N) is 3. The van der Waals surface area contributed by atoms with Crippen molar-refractivity contribution in [2.45, 2.75) is 70.7 Å². The van der Waals surface area contributed by atoms with Crippen molar-refractivity contribution in [1.29, 1.82) is 0 Å². The van der Waals surface area contributed by atoms with Gasteiger partial charge in [-0.15, -0.1) is 10.2 Å². The van der Waals surface area contributed by atoms with Crippen LogP contribution in [-0.4, -0.2) is 45.5 Å². The number of aryl methyl sites for hydroxylation is 1. The number of thioether (sulfide) groups is 1. The number of halogens is 1. The number of benzene rings is 1. The molecule has 1 heterocycles. The van der Waals surface area contributed by atoms with Gasteiger partial charge in [0.05, 0.1) is 0 Å². The van der Waals surface area contributed by atoms with Crippen LogP contribution in [0.3, 0.4) is 0 Å². The second kappa shape index (κ2) is 13.8. The van der Waals surface area contributed by atoms with Crippen molar-refractivity contribution < 1.29 is 14.0 Å². The fourth-order valence-corrected chi connectivity index (χ4v) is 3.86. The van der Waals surface area contributed by atoms with E-state index in [-0.39, 0.29) is 18.3 Å². The lowest BCUT2D eigenvalue weighted by Gasteiger charge is -2.18. The molecule has 3 amide bonds. The Morgan fingerprint density at radius 3 is 2.52 bits per heavy atom. The summed E-state index contributed by atoms with van der Waals surface area (Å²) in [5, 5.41) is 17.8. The Morgan fingerprint density at radius 2 is 1.88 bits per heavy atom. The number of nitrogens with one attached hydrogen (secondary N) is 3. The van der Waals surface area contributed by atoms with Crippen LogP contribution in [-0.2, 0) is 24.3 Å². The molecular weight excluding hydrogens is 443 g/mol. The molecule has 2 rings (SSSR count). The maximum atomic E-state index is 13.0. The SMILES string of the molecule is CCCC(NC(=O)NCc1ccc(F)cc1)C(=O)NCCCc1nnc(SC)n1CC(C)C. The zero-order chi connectivity index (χ0) is 24.2. The normalized spacial score (nSPS) is 11.9. The second-order valence-electron chi connectivity index (χ2n) is 8.30. The number of carbonyl (C=O) groups is 2. The molecule has 0 aliphatic rings. The van der Waals surface area contributed by atoms with Crippen molar-refractivity contribution in [3.63, 3.8) is 0 Å². The zero-order valence-electron chi connectivity index (χ0n) is 19.9. The van der Waals surface area contributed by atoms with Gasteiger partial charge in [0.1, 0.15) is 17.7 Å². The van der Waals surface area contributed by atoms with Crippen LogP contribution < -0.4 is 16.0 Å². The Morgan fingerprint density at radius 1 is 1.15 bits per heavy atom. The van der Waals surface area contributed by atoms with Gasteiger partial charge in [-0.3, -0.25) is 4.79 Å². The van der Waals surface area contributed by atoms with Crippen LogP contribution in [0, 0.1) is 11.7 Å². The van der Waals surface area contributed by atoms with Gasteiger partial charge in [-0.05, 0) is 42.7 Å². The minimum atomic E-state index is -0.615. The molecule has 8 nitrogen and oxygen atoms in total. The van der Waals surface area contributed by atoms with Crippen LogP contribution in [0.15, 0.2) is 29.4 Å². The summed E-state index contributed by atoms with van der Waals surface area (Å²) in [5.41, 5.74) is 0.776. The van der Waals surface area contributed by atoms with Crippen LogP contribution in [0.5, 0.6) is 0 Å². The van der Waals surface area contributed by atoms with E-state index >= 15 is 0 Å². The highest BCUT2D eigenvalue weighted by atomic mass is 32.2. The highest BCUT2D eigenvalue weighted by Gasteiger charge is 2.19. The van der Waals surface area contributed by atoms with E-state index in [1.807, 2.05) is 13.2 Å². The first-order chi connectivity index (χ1) is 15.8. The maximum Gasteiger partial charge on any atom is 0.315 e. The van der Waals surface area contributed by atoms with Crippen LogP contribution >= 0.6 is 11.8 Å². The molecule has 0 aliphatic carbocycles. The van der Waals surface area contributed by atoms with Gasteiger partial charge in [0.25, 0.3) is 0 Å². The summed E-state index contributed by atoms with van der Waals surface area (Å²) in [6, 6.07) is 4.85. The molecule has 33 heavy (non-hydrogen) atoms. The Balaban J connectivity index is 1.79. The molecule has 0 saturated carbocycles. The van der Waals surface area contributed by atoms with Crippen molar-refractivity contribution in [1.82, 2.24) is 30.7 Å². The molecular formula is C23H35FN6O2S. The minimum absolute atomic E-state index is 0.206. The number of urea groups is 1. The van der Waals surface area contributed by atoms with Gasteiger partial charge in [-0.2, -0.15) is 0 Å². The third-order valence-electron chi connectivity index (χ3n) is 4.97. The third kappa shape index (κ3) is 9.03. The van der Waals surface area contributed by atoms with E-state index < -0.39 is 12.1 Å². The lowest BCUT2D eigenvalue weighted by Crippen LogP contribution is -2.50. The molecule has 0 saturated heterocycles. The van der Waals surface area contributed by atoms with Gasteiger partial charge in [-0.1, -0.05) is 51.1 Å². The quantitative estimate of drug-likeness (QED) is 0.302. The lowest BCUT2D eigenvalue weighted by molar-refractivity contribution is -0.123. The number of carbonyl (C=O) groups excluding carboxylic acids is 2. The second-order valence-corrected chi connectivity index (χ2v) is 9.07. The van der Waals surface area contributed by atoms with Gasteiger partial charge >= 0.3 is 6.03 Å². The Hall–Kier alpha value is -2.62. The first kappa shape index (κ1) is 26.6. The van der Waals surface area contributed by atoms with Gasteiger partial charge in [0, 0.05) is 26.1 Å². The van der Waals surface area contributed by atoms with Crippen LogP contribution in [0.2, 0.25) is 0 Å². The molecule has 182 valence electrons. The van der Waals surface area contributed by atoms with E-state index in [0.717, 1.165) is 35.9 Å². The maximum absolute atomic E-state index is 13.0. The van der Waals surface area contributed by atoms with Crippen molar-refractivity contribution in [3.8, 4) is 0 Å². The molecule has 1 aromatic carbocycles. The third-order valence-corrected chi connectivity index (χ3v) is 5.63. The molecule has 0 spiro atoms. The summed E-state index contributed by atoms with van der Waals surface area (Å²) in [4.78, 5) is 24.9. The number of rotatable bonds is 13. The predicted molar refractivity (Wildman–Crippen MR) is 128 cm³/mol. The van der Waals surface area contributed by atoms with Crippen LogP contribution in [0.4, 0.5) is 9.18 Å². The zero-order valence-corrected chi connectivity index (χ0v) is 20.7. The molecule has 0 fully saturated rings. The van der Waals surface area contributed by atoms with E-state index in [1.165, 1.54) is 12.1 Å². The average molecular weight is 479 g/mol. The number of hydrogen-bond acceptors (Lipinski definition) is 5. The largest absolute Gasteiger partial charge is 0.354 e. The Labute approximate surface area is 199 Å². The summed E-state index contributed by atoms with van der Waals surface area (Å²) >= 11 is 1.58. The molecule has 1 aromatic heterocycles. The topological polar surface area (TPSA) is 101 Å². The summed E-state index contributed by atoms with van der Waals surface area (Å²) in [6.07, 6.45) is 4.72. The summed E-state index contributed by atoms with van der Waals surface area (Å²) in [7, 11) is 0. The molecule has 10 heteroatoms. The minimum Gasteiger partial charge on any atom is -0.354 e. The first-order valence-corrected chi connectivity index (χ1v) is 12.6. The van der Waals surface area contributed by atoms with Gasteiger partial charge in [-0.25, -0.2) is 9.18 Å². The molecule has 2 aromatic rings. The highest BCUT2D eigenvalue weighted by Crippen LogP contribution is 2.16. The van der Waals surface area contributed by atoms with Crippen molar-refractivity contribution >= 4 is 23.7 Å². The van der Waals surface area contributed by atoms with Gasteiger partial charge in [0.2, 0.25) is 5.91 Å². The molecule has 1 atom stereocenters. The van der Waals surface area contributed by atoms with Gasteiger partial charge in [0.15, 0.2) is 5.16 Å². The van der Waals surface area contributed by atoms with Crippen molar-refractivity contribution in [3.05, 3.63) is 41.5 Å². The molecule has 3 N–H and O–H groups in total. The van der Waals surface area contributed by atoms with E-state index in [0.29, 0.717) is 25.3 Å². The van der Waals surface area contributed by atoms with E-state index in [4.69, 9.17) is 0 Å². The predicted octanol–water partition coefficient (Wildman–Crippen LogP) is 3.51. The molecule has 1 unspecified atom stereocenters.